The Kier molecular flexibility index (Phi) is 7.74. The van der Waals surface area contributed by atoms with Crippen LogP contribution in [0.5, 0.6) is 0 Å². The van der Waals surface area contributed by atoms with E-state index in [4.69, 9.17) is 0 Å². The highest BCUT2D eigenvalue weighted by Crippen LogP contribution is 2.15. The van der Waals surface area contributed by atoms with E-state index in [1.54, 1.807) is 34.9 Å². The lowest BCUT2D eigenvalue weighted by molar-refractivity contribution is -0.134. The SMILES string of the molecule is CNC1CCCN(C(=O)C(CCSC)NS(=O)(=O)c2ccccc2)C1. The van der Waals surface area contributed by atoms with Gasteiger partial charge < -0.3 is 10.2 Å². The van der Waals surface area contributed by atoms with Gasteiger partial charge in [0.1, 0.15) is 6.04 Å². The van der Waals surface area contributed by atoms with Gasteiger partial charge in [0.15, 0.2) is 0 Å². The number of nitrogens with zero attached hydrogens (tertiary/aromatic N) is 1. The van der Waals surface area contributed by atoms with E-state index in [-0.39, 0.29) is 16.8 Å². The number of rotatable bonds is 8. The van der Waals surface area contributed by atoms with E-state index in [1.807, 2.05) is 13.3 Å². The van der Waals surface area contributed by atoms with Crippen LogP contribution in [0.25, 0.3) is 0 Å². The third kappa shape index (κ3) is 5.70. The third-order valence-corrected chi connectivity index (χ3v) is 6.53. The lowest BCUT2D eigenvalue weighted by atomic mass is 10.0. The minimum Gasteiger partial charge on any atom is -0.340 e. The summed E-state index contributed by atoms with van der Waals surface area (Å²) in [6, 6.07) is 7.73. The molecule has 8 heteroatoms. The number of sulfonamides is 1. The van der Waals surface area contributed by atoms with Gasteiger partial charge in [0.25, 0.3) is 0 Å². The maximum atomic E-state index is 12.9. The standard InChI is InChI=1S/C17H27N3O3S2/c1-18-14-7-6-11-20(13-14)17(21)16(10-12-24-2)19-25(22,23)15-8-4-3-5-9-15/h3-5,8-9,14,16,18-19H,6-7,10-13H2,1-2H3. The Balaban J connectivity index is 2.13. The van der Waals surface area contributed by atoms with Gasteiger partial charge >= 0.3 is 0 Å². The minimum absolute atomic E-state index is 0.131. The predicted octanol–water partition coefficient (Wildman–Crippen LogP) is 1.30. The Labute approximate surface area is 154 Å². The van der Waals surface area contributed by atoms with E-state index in [2.05, 4.69) is 10.0 Å². The molecule has 2 atom stereocenters. The molecule has 25 heavy (non-hydrogen) atoms. The lowest BCUT2D eigenvalue weighted by Crippen LogP contribution is -2.54. The summed E-state index contributed by atoms with van der Waals surface area (Å²) in [7, 11) is -1.82. The molecule has 0 radical (unpaired) electrons. The highest BCUT2D eigenvalue weighted by molar-refractivity contribution is 7.98. The summed E-state index contributed by atoms with van der Waals surface area (Å²) in [6.45, 7) is 1.30. The number of likely N-dealkylation sites (tertiary alicyclic amines) is 1. The second-order valence-electron chi connectivity index (χ2n) is 6.18. The first-order chi connectivity index (χ1) is 12.0. The van der Waals surface area contributed by atoms with E-state index >= 15 is 0 Å². The van der Waals surface area contributed by atoms with Gasteiger partial charge in [-0.25, -0.2) is 8.42 Å². The normalized spacial score (nSPS) is 19.6. The number of thioether (sulfide) groups is 1. The van der Waals surface area contributed by atoms with Crippen LogP contribution in [0.1, 0.15) is 19.3 Å². The number of carbonyl (C=O) groups is 1. The Morgan fingerprint density at radius 2 is 2.08 bits per heavy atom. The van der Waals surface area contributed by atoms with Gasteiger partial charge in [-0.15, -0.1) is 0 Å². The van der Waals surface area contributed by atoms with Crippen molar-refractivity contribution in [2.24, 2.45) is 0 Å². The van der Waals surface area contributed by atoms with Gasteiger partial charge in [-0.2, -0.15) is 16.5 Å². The van der Waals surface area contributed by atoms with Crippen molar-refractivity contribution in [3.63, 3.8) is 0 Å². The number of benzene rings is 1. The molecule has 1 amide bonds. The predicted molar refractivity (Wildman–Crippen MR) is 102 cm³/mol. The zero-order chi connectivity index (χ0) is 18.3. The van der Waals surface area contributed by atoms with E-state index in [0.29, 0.717) is 19.5 Å². The van der Waals surface area contributed by atoms with Crippen LogP contribution in [0, 0.1) is 0 Å². The molecule has 1 aliphatic heterocycles. The van der Waals surface area contributed by atoms with Gasteiger partial charge in [0.2, 0.25) is 15.9 Å². The maximum Gasteiger partial charge on any atom is 0.241 e. The van der Waals surface area contributed by atoms with Crippen LogP contribution in [0.3, 0.4) is 0 Å². The first-order valence-corrected chi connectivity index (χ1v) is 11.4. The van der Waals surface area contributed by atoms with Crippen molar-refractivity contribution >= 4 is 27.7 Å². The third-order valence-electron chi connectivity index (χ3n) is 4.40. The summed E-state index contributed by atoms with van der Waals surface area (Å²) in [6.07, 6.45) is 4.39. The fourth-order valence-corrected chi connectivity index (χ4v) is 4.67. The van der Waals surface area contributed by atoms with Gasteiger partial charge in [0.05, 0.1) is 4.90 Å². The van der Waals surface area contributed by atoms with Gasteiger partial charge in [-0.05, 0) is 50.5 Å². The van der Waals surface area contributed by atoms with E-state index < -0.39 is 16.1 Å². The van der Waals surface area contributed by atoms with Crippen LogP contribution >= 0.6 is 11.8 Å². The molecule has 2 N–H and O–H groups in total. The van der Waals surface area contributed by atoms with Crippen molar-refractivity contribution < 1.29 is 13.2 Å². The molecular weight excluding hydrogens is 358 g/mol. The Morgan fingerprint density at radius 3 is 2.72 bits per heavy atom. The van der Waals surface area contributed by atoms with Crippen molar-refractivity contribution in [1.82, 2.24) is 14.9 Å². The van der Waals surface area contributed by atoms with Crippen molar-refractivity contribution in [2.75, 3.05) is 32.1 Å². The fraction of sp³-hybridized carbons (Fsp3) is 0.588. The molecule has 0 spiro atoms. The van der Waals surface area contributed by atoms with Crippen LogP contribution in [0.15, 0.2) is 35.2 Å². The van der Waals surface area contributed by atoms with Gasteiger partial charge in [-0.1, -0.05) is 18.2 Å². The molecule has 0 aliphatic carbocycles. The van der Waals surface area contributed by atoms with Gasteiger partial charge in [0, 0.05) is 19.1 Å². The summed E-state index contributed by atoms with van der Waals surface area (Å²) in [5.74, 6) is 0.588. The topological polar surface area (TPSA) is 78.5 Å². The van der Waals surface area contributed by atoms with Crippen molar-refractivity contribution in [3.05, 3.63) is 30.3 Å². The largest absolute Gasteiger partial charge is 0.340 e. The number of nitrogens with one attached hydrogen (secondary N) is 2. The number of piperidine rings is 1. The van der Waals surface area contributed by atoms with Crippen LogP contribution in [-0.4, -0.2) is 63.5 Å². The molecule has 1 aromatic rings. The van der Waals surface area contributed by atoms with Crippen molar-refractivity contribution in [3.8, 4) is 0 Å². The number of carbonyl (C=O) groups excluding carboxylic acids is 1. The zero-order valence-electron chi connectivity index (χ0n) is 14.8. The number of hydrogen-bond donors (Lipinski definition) is 2. The monoisotopic (exact) mass is 385 g/mol. The van der Waals surface area contributed by atoms with Crippen molar-refractivity contribution in [2.45, 2.75) is 36.2 Å². The highest BCUT2D eigenvalue weighted by Gasteiger charge is 2.31. The van der Waals surface area contributed by atoms with Crippen LogP contribution < -0.4 is 10.0 Å². The first-order valence-electron chi connectivity index (χ1n) is 8.50. The van der Waals surface area contributed by atoms with Crippen LogP contribution in [0.4, 0.5) is 0 Å². The molecular formula is C17H27N3O3S2. The zero-order valence-corrected chi connectivity index (χ0v) is 16.4. The summed E-state index contributed by atoms with van der Waals surface area (Å²) in [4.78, 5) is 14.9. The van der Waals surface area contributed by atoms with Gasteiger partial charge in [-0.3, -0.25) is 4.79 Å². The number of hydrogen-bond acceptors (Lipinski definition) is 5. The molecule has 1 saturated heterocycles. The summed E-state index contributed by atoms with van der Waals surface area (Å²) in [5.41, 5.74) is 0. The second kappa shape index (κ2) is 9.56. The average molecular weight is 386 g/mol. The summed E-state index contributed by atoms with van der Waals surface area (Å²) >= 11 is 1.60. The molecule has 0 bridgehead atoms. The summed E-state index contributed by atoms with van der Waals surface area (Å²) < 4.78 is 27.8. The molecule has 1 fully saturated rings. The molecule has 2 unspecified atom stereocenters. The summed E-state index contributed by atoms with van der Waals surface area (Å²) in [5, 5.41) is 3.21. The molecule has 6 nitrogen and oxygen atoms in total. The maximum absolute atomic E-state index is 12.9. The number of likely N-dealkylation sites (N-methyl/N-ethyl adjacent to an activating group) is 1. The molecule has 140 valence electrons. The van der Waals surface area contributed by atoms with Crippen LogP contribution in [0.2, 0.25) is 0 Å². The number of amides is 1. The molecule has 2 rings (SSSR count). The van der Waals surface area contributed by atoms with Crippen LogP contribution in [-0.2, 0) is 14.8 Å². The molecule has 0 aromatic heterocycles. The van der Waals surface area contributed by atoms with E-state index in [0.717, 1.165) is 18.6 Å². The van der Waals surface area contributed by atoms with Crippen molar-refractivity contribution in [1.29, 1.82) is 0 Å². The Hall–Kier alpha value is -1.09. The molecule has 1 aliphatic rings. The quantitative estimate of drug-likeness (QED) is 0.705. The van der Waals surface area contributed by atoms with E-state index in [9.17, 15) is 13.2 Å². The fourth-order valence-electron chi connectivity index (χ4n) is 2.96. The molecule has 0 saturated carbocycles. The molecule has 1 aromatic carbocycles. The Bertz CT molecular complexity index is 652. The highest BCUT2D eigenvalue weighted by atomic mass is 32.2. The average Bonchev–Trinajstić information content (AvgIpc) is 2.65. The lowest BCUT2D eigenvalue weighted by Gasteiger charge is -2.35. The first kappa shape index (κ1) is 20.2. The second-order valence-corrected chi connectivity index (χ2v) is 8.88. The minimum atomic E-state index is -3.72. The smallest absolute Gasteiger partial charge is 0.241 e. The molecule has 1 heterocycles. The Morgan fingerprint density at radius 1 is 1.36 bits per heavy atom. The van der Waals surface area contributed by atoms with E-state index in [1.165, 1.54) is 12.1 Å².